The van der Waals surface area contributed by atoms with E-state index in [9.17, 15) is 4.79 Å². The number of furan rings is 1. The second kappa shape index (κ2) is 6.21. The summed E-state index contributed by atoms with van der Waals surface area (Å²) in [5.74, 6) is 0.638. The van der Waals surface area contributed by atoms with E-state index in [1.54, 1.807) is 18.4 Å². The van der Waals surface area contributed by atoms with Crippen molar-refractivity contribution in [3.63, 3.8) is 0 Å². The quantitative estimate of drug-likeness (QED) is 0.653. The molecule has 3 aromatic rings. The molecule has 1 atom stereocenters. The Morgan fingerprint density at radius 3 is 2.76 bits per heavy atom. The number of hydrogen-bond donors (Lipinski definition) is 0. The summed E-state index contributed by atoms with van der Waals surface area (Å²) in [6, 6.07) is 11.0. The van der Waals surface area contributed by atoms with Crippen molar-refractivity contribution in [3.05, 3.63) is 48.4 Å². The molecule has 1 aliphatic rings. The maximum Gasteiger partial charge on any atom is 0.247 e. The molecule has 1 aliphatic heterocycles. The number of para-hydroxylation sites is 1. The van der Waals surface area contributed by atoms with E-state index in [0.29, 0.717) is 28.2 Å². The van der Waals surface area contributed by atoms with Crippen LogP contribution in [0.2, 0.25) is 0 Å². The summed E-state index contributed by atoms with van der Waals surface area (Å²) in [4.78, 5) is 18.4. The van der Waals surface area contributed by atoms with E-state index in [0.717, 1.165) is 5.56 Å². The third kappa shape index (κ3) is 2.64. The van der Waals surface area contributed by atoms with Crippen molar-refractivity contribution >= 4 is 23.4 Å². The molecule has 0 fully saturated rings. The van der Waals surface area contributed by atoms with Crippen molar-refractivity contribution < 1.29 is 13.9 Å². The maximum absolute atomic E-state index is 12.4. The predicted octanol–water partition coefficient (Wildman–Crippen LogP) is 3.30. The number of hydrogen-bond acceptors (Lipinski definition) is 7. The molecule has 3 heterocycles. The Morgan fingerprint density at radius 1 is 1.20 bits per heavy atom. The van der Waals surface area contributed by atoms with Crippen LogP contribution < -0.4 is 9.64 Å². The number of thioether (sulfide) groups is 1. The molecule has 0 spiro atoms. The highest BCUT2D eigenvalue weighted by molar-refractivity contribution is 7.98. The number of anilines is 1. The van der Waals surface area contributed by atoms with Crippen LogP contribution in [-0.4, -0.2) is 27.3 Å². The van der Waals surface area contributed by atoms with Gasteiger partial charge in [-0.1, -0.05) is 30.0 Å². The van der Waals surface area contributed by atoms with Gasteiger partial charge < -0.3 is 9.15 Å². The molecule has 8 heteroatoms. The number of carbonyl (C=O) groups excluding carboxylic acids is 1. The van der Waals surface area contributed by atoms with E-state index in [1.165, 1.54) is 23.6 Å². The van der Waals surface area contributed by atoms with Crippen molar-refractivity contribution in [3.8, 4) is 17.1 Å². The van der Waals surface area contributed by atoms with Gasteiger partial charge in [0.2, 0.25) is 23.2 Å². The molecule has 126 valence electrons. The standard InChI is InChI=1S/C17H14N4O3S/c1-10(22)21-12-7-4-3-6-11(12)14-15(18-17(25-2)20-19-14)24-16(21)13-8-5-9-23-13/h3-9,16H,1-2H3. The van der Waals surface area contributed by atoms with Gasteiger partial charge >= 0.3 is 0 Å². The highest BCUT2D eigenvalue weighted by atomic mass is 32.2. The van der Waals surface area contributed by atoms with E-state index < -0.39 is 6.23 Å². The zero-order valence-corrected chi connectivity index (χ0v) is 14.4. The minimum absolute atomic E-state index is 0.181. The fourth-order valence-electron chi connectivity index (χ4n) is 2.76. The second-order valence-electron chi connectivity index (χ2n) is 5.34. The van der Waals surface area contributed by atoms with Crippen LogP contribution >= 0.6 is 11.8 Å². The van der Waals surface area contributed by atoms with Gasteiger partial charge in [0, 0.05) is 12.5 Å². The molecule has 0 saturated heterocycles. The second-order valence-corrected chi connectivity index (χ2v) is 6.12. The molecule has 25 heavy (non-hydrogen) atoms. The summed E-state index contributed by atoms with van der Waals surface area (Å²) in [6.45, 7) is 1.48. The normalized spacial score (nSPS) is 15.8. The molecular weight excluding hydrogens is 340 g/mol. The molecule has 1 unspecified atom stereocenters. The number of amides is 1. The first-order valence-electron chi connectivity index (χ1n) is 7.57. The van der Waals surface area contributed by atoms with Crippen molar-refractivity contribution in [2.45, 2.75) is 18.3 Å². The lowest BCUT2D eigenvalue weighted by Gasteiger charge is -2.28. The topological polar surface area (TPSA) is 81.3 Å². The monoisotopic (exact) mass is 354 g/mol. The van der Waals surface area contributed by atoms with Gasteiger partial charge in [0.05, 0.1) is 12.0 Å². The molecule has 0 bridgehead atoms. The summed E-state index contributed by atoms with van der Waals surface area (Å²) in [6.07, 6.45) is 2.63. The smallest absolute Gasteiger partial charge is 0.247 e. The number of ether oxygens (including phenoxy) is 1. The average molecular weight is 354 g/mol. The minimum atomic E-state index is -0.777. The fourth-order valence-corrected chi connectivity index (χ4v) is 3.05. The Morgan fingerprint density at radius 2 is 2.04 bits per heavy atom. The van der Waals surface area contributed by atoms with Crippen LogP contribution in [-0.2, 0) is 4.79 Å². The van der Waals surface area contributed by atoms with E-state index in [2.05, 4.69) is 15.2 Å². The van der Waals surface area contributed by atoms with E-state index in [1.807, 2.05) is 30.5 Å². The largest absolute Gasteiger partial charge is 0.463 e. The minimum Gasteiger partial charge on any atom is -0.463 e. The van der Waals surface area contributed by atoms with E-state index in [4.69, 9.17) is 9.15 Å². The Bertz CT molecular complexity index is 929. The average Bonchev–Trinajstić information content (AvgIpc) is 3.11. The molecule has 0 radical (unpaired) electrons. The zero-order valence-electron chi connectivity index (χ0n) is 13.5. The van der Waals surface area contributed by atoms with Crippen LogP contribution in [0.15, 0.2) is 52.2 Å². The van der Waals surface area contributed by atoms with Gasteiger partial charge in [0.15, 0.2) is 11.5 Å². The lowest BCUT2D eigenvalue weighted by Crippen LogP contribution is -2.35. The lowest BCUT2D eigenvalue weighted by atomic mass is 10.1. The van der Waals surface area contributed by atoms with Crippen LogP contribution in [0.4, 0.5) is 5.69 Å². The third-order valence-corrected chi connectivity index (χ3v) is 4.36. The maximum atomic E-state index is 12.4. The first kappa shape index (κ1) is 15.6. The Hall–Kier alpha value is -2.87. The zero-order chi connectivity index (χ0) is 17.4. The first-order chi connectivity index (χ1) is 12.2. The molecule has 0 aliphatic carbocycles. The van der Waals surface area contributed by atoms with Crippen molar-refractivity contribution in [2.75, 3.05) is 11.2 Å². The molecule has 1 aromatic carbocycles. The lowest BCUT2D eigenvalue weighted by molar-refractivity contribution is -0.118. The first-order valence-corrected chi connectivity index (χ1v) is 8.79. The SMILES string of the molecule is CSc1nnc2c(n1)OC(c1ccco1)N(C(C)=O)c1ccccc1-2. The van der Waals surface area contributed by atoms with Gasteiger partial charge in [-0.25, -0.2) is 0 Å². The molecule has 4 rings (SSSR count). The number of nitrogens with zero attached hydrogens (tertiary/aromatic N) is 4. The van der Waals surface area contributed by atoms with Gasteiger partial charge in [0.25, 0.3) is 0 Å². The molecule has 1 amide bonds. The van der Waals surface area contributed by atoms with Gasteiger partial charge in [-0.2, -0.15) is 4.98 Å². The Balaban J connectivity index is 1.98. The summed E-state index contributed by atoms with van der Waals surface area (Å²) in [5.41, 5.74) is 1.89. The van der Waals surface area contributed by atoms with Crippen LogP contribution in [0.3, 0.4) is 0 Å². The molecular formula is C17H14N4O3S. The van der Waals surface area contributed by atoms with Crippen molar-refractivity contribution in [1.82, 2.24) is 15.2 Å². The highest BCUT2D eigenvalue weighted by Crippen LogP contribution is 2.43. The Labute approximate surface area is 148 Å². The molecule has 0 N–H and O–H groups in total. The van der Waals surface area contributed by atoms with Crippen LogP contribution in [0.1, 0.15) is 18.9 Å². The van der Waals surface area contributed by atoms with Crippen molar-refractivity contribution in [2.24, 2.45) is 0 Å². The number of fused-ring (bicyclic) bond motifs is 3. The summed E-state index contributed by atoms with van der Waals surface area (Å²) >= 11 is 1.37. The highest BCUT2D eigenvalue weighted by Gasteiger charge is 2.35. The number of rotatable bonds is 2. The molecule has 0 saturated carbocycles. The molecule has 7 nitrogen and oxygen atoms in total. The predicted molar refractivity (Wildman–Crippen MR) is 92.3 cm³/mol. The van der Waals surface area contributed by atoms with Crippen molar-refractivity contribution in [1.29, 1.82) is 0 Å². The Kier molecular flexibility index (Phi) is 3.89. The van der Waals surface area contributed by atoms with E-state index in [-0.39, 0.29) is 5.91 Å². The number of benzene rings is 1. The van der Waals surface area contributed by atoms with Crippen LogP contribution in [0.25, 0.3) is 11.3 Å². The van der Waals surface area contributed by atoms with Crippen LogP contribution in [0.5, 0.6) is 5.88 Å². The fraction of sp³-hybridized carbons (Fsp3) is 0.176. The van der Waals surface area contributed by atoms with Gasteiger partial charge in [-0.3, -0.25) is 9.69 Å². The summed E-state index contributed by atoms with van der Waals surface area (Å²) in [5, 5.41) is 8.87. The van der Waals surface area contributed by atoms with Gasteiger partial charge in [-0.15, -0.1) is 10.2 Å². The van der Waals surface area contributed by atoms with E-state index >= 15 is 0 Å². The van der Waals surface area contributed by atoms with Gasteiger partial charge in [0.1, 0.15) is 0 Å². The number of carbonyl (C=O) groups is 1. The van der Waals surface area contributed by atoms with Gasteiger partial charge in [-0.05, 0) is 24.5 Å². The number of aromatic nitrogens is 3. The summed E-state index contributed by atoms with van der Waals surface area (Å²) < 4.78 is 11.6. The summed E-state index contributed by atoms with van der Waals surface area (Å²) in [7, 11) is 0. The van der Waals surface area contributed by atoms with Crippen LogP contribution in [0, 0.1) is 0 Å². The third-order valence-electron chi connectivity index (χ3n) is 3.82. The molecule has 2 aromatic heterocycles.